The minimum absolute atomic E-state index is 0.377. The fourth-order valence-corrected chi connectivity index (χ4v) is 1.19. The third kappa shape index (κ3) is 1.38. The van der Waals surface area contributed by atoms with Crippen molar-refractivity contribution in [3.05, 3.63) is 10.4 Å². The topological polar surface area (TPSA) is 92.3 Å². The van der Waals surface area contributed by atoms with E-state index in [0.29, 0.717) is 13.1 Å². The van der Waals surface area contributed by atoms with E-state index in [4.69, 9.17) is 5.53 Å². The van der Waals surface area contributed by atoms with Gasteiger partial charge in [0.15, 0.2) is 0 Å². The predicted molar refractivity (Wildman–Crippen MR) is 44.6 cm³/mol. The van der Waals surface area contributed by atoms with Gasteiger partial charge in [-0.3, -0.25) is 0 Å². The molecule has 2 heterocycles. The van der Waals surface area contributed by atoms with Crippen molar-refractivity contribution in [2.24, 2.45) is 20.6 Å². The van der Waals surface area contributed by atoms with E-state index in [0.717, 1.165) is 19.0 Å². The van der Waals surface area contributed by atoms with Crippen LogP contribution in [0.4, 0.5) is 0 Å². The predicted octanol–water partition coefficient (Wildman–Crippen LogP) is 0.566. The molecule has 0 bridgehead atoms. The molecule has 0 aromatic heterocycles. The molecule has 2 rings (SSSR count). The number of guanidine groups is 1. The van der Waals surface area contributed by atoms with Crippen LogP contribution in [-0.2, 0) is 0 Å². The van der Waals surface area contributed by atoms with E-state index in [9.17, 15) is 0 Å². The lowest BCUT2D eigenvalue weighted by Crippen LogP contribution is -2.31. The largest absolute Gasteiger partial charge is 0.248 e. The first-order chi connectivity index (χ1) is 6.42. The molecular formula is C5H8N8. The van der Waals surface area contributed by atoms with Crippen LogP contribution >= 0.6 is 0 Å². The van der Waals surface area contributed by atoms with Gasteiger partial charge >= 0.3 is 0 Å². The second-order valence-electron chi connectivity index (χ2n) is 2.56. The number of hydrogen-bond donors (Lipinski definition) is 0. The summed E-state index contributed by atoms with van der Waals surface area (Å²) in [6.07, 6.45) is 0. The Balaban J connectivity index is 1.93. The van der Waals surface area contributed by atoms with Crippen molar-refractivity contribution in [2.75, 3.05) is 26.2 Å². The molecule has 0 fully saturated rings. The first-order valence-electron chi connectivity index (χ1n) is 3.94. The highest BCUT2D eigenvalue weighted by Gasteiger charge is 2.27. The molecule has 8 heteroatoms. The molecule has 0 saturated carbocycles. The van der Waals surface area contributed by atoms with Crippen LogP contribution in [0.2, 0.25) is 0 Å². The van der Waals surface area contributed by atoms with Gasteiger partial charge < -0.3 is 0 Å². The van der Waals surface area contributed by atoms with Crippen molar-refractivity contribution in [3.8, 4) is 0 Å². The van der Waals surface area contributed by atoms with Gasteiger partial charge in [-0.15, -0.1) is 0 Å². The Hall–Kier alpha value is -1.82. The van der Waals surface area contributed by atoms with Crippen LogP contribution in [0.5, 0.6) is 0 Å². The fourth-order valence-electron chi connectivity index (χ4n) is 1.19. The average molecular weight is 180 g/mol. The van der Waals surface area contributed by atoms with Gasteiger partial charge in [0.25, 0.3) is 0 Å². The first kappa shape index (κ1) is 7.81. The van der Waals surface area contributed by atoms with Crippen molar-refractivity contribution in [1.82, 2.24) is 10.0 Å². The molecule has 0 spiro atoms. The number of nitrogens with zero attached hydrogens (tertiary/aromatic N) is 8. The Bertz CT molecular complexity index is 300. The van der Waals surface area contributed by atoms with Crippen molar-refractivity contribution < 1.29 is 0 Å². The van der Waals surface area contributed by atoms with Crippen molar-refractivity contribution in [1.29, 1.82) is 0 Å². The summed E-state index contributed by atoms with van der Waals surface area (Å²) in [6.45, 7) is 2.45. The van der Waals surface area contributed by atoms with E-state index in [-0.39, 0.29) is 0 Å². The average Bonchev–Trinajstić information content (AvgIpc) is 2.68. The molecule has 8 nitrogen and oxygen atoms in total. The maximum atomic E-state index is 8.07. The van der Waals surface area contributed by atoms with Crippen LogP contribution in [0.15, 0.2) is 20.6 Å². The smallest absolute Gasteiger partial charge is 0.241 e. The Morgan fingerprint density at radius 1 is 1.54 bits per heavy atom. The molecule has 68 valence electrons. The monoisotopic (exact) mass is 180 g/mol. The van der Waals surface area contributed by atoms with Gasteiger partial charge in [0.05, 0.1) is 19.6 Å². The van der Waals surface area contributed by atoms with Crippen LogP contribution in [0.1, 0.15) is 0 Å². The summed E-state index contributed by atoms with van der Waals surface area (Å²) in [4.78, 5) is 6.86. The summed E-state index contributed by atoms with van der Waals surface area (Å²) in [5, 5.41) is 14.5. The van der Waals surface area contributed by atoms with Crippen LogP contribution in [0, 0.1) is 0 Å². The highest BCUT2D eigenvalue weighted by Crippen LogP contribution is 2.14. The number of hydrogen-bond acceptors (Lipinski definition) is 6. The molecule has 0 unspecified atom stereocenters. The fraction of sp³-hybridized carbons (Fsp3) is 0.800. The van der Waals surface area contributed by atoms with E-state index < -0.39 is 0 Å². The molecule has 0 atom stereocenters. The summed E-state index contributed by atoms with van der Waals surface area (Å²) >= 11 is 0. The Labute approximate surface area is 74.1 Å². The molecule has 2 aliphatic heterocycles. The van der Waals surface area contributed by atoms with Crippen LogP contribution in [-0.4, -0.2) is 42.2 Å². The quantitative estimate of drug-likeness (QED) is 0.360. The molecule has 0 saturated heterocycles. The van der Waals surface area contributed by atoms with Gasteiger partial charge in [0, 0.05) is 11.5 Å². The maximum Gasteiger partial charge on any atom is 0.241 e. The van der Waals surface area contributed by atoms with Crippen LogP contribution < -0.4 is 0 Å². The molecule has 13 heavy (non-hydrogen) atoms. The van der Waals surface area contributed by atoms with Gasteiger partial charge in [0.2, 0.25) is 5.96 Å². The normalized spacial score (nSPS) is 18.6. The minimum Gasteiger partial charge on any atom is -0.248 e. The van der Waals surface area contributed by atoms with Crippen LogP contribution in [0.3, 0.4) is 0 Å². The molecule has 0 radical (unpaired) electrons. The molecule has 0 amide bonds. The summed E-state index contributed by atoms with van der Waals surface area (Å²) < 4.78 is 0. The Morgan fingerprint density at radius 3 is 3.31 bits per heavy atom. The number of azide groups is 1. The molecular weight excluding hydrogens is 172 g/mol. The zero-order valence-electron chi connectivity index (χ0n) is 6.91. The molecule has 0 aromatic carbocycles. The second-order valence-corrected chi connectivity index (χ2v) is 2.56. The number of fused-ring (bicyclic) bond motifs is 1. The van der Waals surface area contributed by atoms with Gasteiger partial charge in [-0.1, -0.05) is 5.11 Å². The highest BCUT2D eigenvalue weighted by atomic mass is 15.8. The van der Waals surface area contributed by atoms with Gasteiger partial charge in [0.1, 0.15) is 0 Å². The van der Waals surface area contributed by atoms with E-state index in [1.807, 2.05) is 0 Å². The standard InChI is InChI=1S/C5H8N8/c6-9-8-2-4-13-5-7-1-3-12(5)10-11-13/h1-4H2. The van der Waals surface area contributed by atoms with E-state index >= 15 is 0 Å². The summed E-state index contributed by atoms with van der Waals surface area (Å²) in [7, 11) is 0. The molecule has 0 aliphatic carbocycles. The van der Waals surface area contributed by atoms with Gasteiger partial charge in [-0.2, -0.15) is 0 Å². The summed E-state index contributed by atoms with van der Waals surface area (Å²) in [6, 6.07) is 0. The zero-order chi connectivity index (χ0) is 9.10. The lowest BCUT2D eigenvalue weighted by molar-refractivity contribution is 0.448. The van der Waals surface area contributed by atoms with Crippen molar-refractivity contribution in [3.63, 3.8) is 0 Å². The number of aliphatic imine (C=N–C) groups is 1. The van der Waals surface area contributed by atoms with Gasteiger partial charge in [-0.05, 0) is 16.0 Å². The highest BCUT2D eigenvalue weighted by molar-refractivity contribution is 5.81. The minimum atomic E-state index is 0.377. The van der Waals surface area contributed by atoms with Gasteiger partial charge in [-0.25, -0.2) is 15.0 Å². The number of rotatable bonds is 3. The maximum absolute atomic E-state index is 8.07. The third-order valence-electron chi connectivity index (χ3n) is 1.76. The molecule has 2 aliphatic rings. The van der Waals surface area contributed by atoms with E-state index in [2.05, 4.69) is 25.5 Å². The Kier molecular flexibility index (Phi) is 1.97. The van der Waals surface area contributed by atoms with Crippen molar-refractivity contribution >= 4 is 5.96 Å². The Morgan fingerprint density at radius 2 is 2.46 bits per heavy atom. The van der Waals surface area contributed by atoms with Crippen molar-refractivity contribution in [2.45, 2.75) is 0 Å². The van der Waals surface area contributed by atoms with E-state index in [1.54, 1.807) is 10.0 Å². The SMILES string of the molecule is [N-]=[N+]=NCCN1N=NN2CCN=C12. The third-order valence-corrected chi connectivity index (χ3v) is 1.76. The van der Waals surface area contributed by atoms with E-state index in [1.165, 1.54) is 0 Å². The molecule has 0 N–H and O–H groups in total. The van der Waals surface area contributed by atoms with Crippen LogP contribution in [0.25, 0.3) is 10.4 Å². The lowest BCUT2D eigenvalue weighted by Gasteiger charge is -2.11. The summed E-state index contributed by atoms with van der Waals surface area (Å²) in [5.41, 5.74) is 8.07. The lowest BCUT2D eigenvalue weighted by atomic mass is 10.6. The zero-order valence-corrected chi connectivity index (χ0v) is 6.91. The second kappa shape index (κ2) is 3.28. The summed E-state index contributed by atoms with van der Waals surface area (Å²) in [5.74, 6) is 0.758. The first-order valence-corrected chi connectivity index (χ1v) is 3.94. The molecule has 0 aromatic rings.